The fraction of sp³-hybridized carbons (Fsp3) is 0.833. The van der Waals surface area contributed by atoms with Gasteiger partial charge in [-0.05, 0) is 38.2 Å². The zero-order valence-corrected chi connectivity index (χ0v) is 20.9. The molecule has 0 heterocycles. The minimum absolute atomic E-state index is 0.0370. The number of carbonyl (C=O) groups is 2. The predicted molar refractivity (Wildman–Crippen MR) is 124 cm³/mol. The van der Waals surface area contributed by atoms with Gasteiger partial charge in [-0.3, -0.25) is 9.59 Å². The minimum atomic E-state index is -0.386. The molecule has 6 nitrogen and oxygen atoms in total. The predicted octanol–water partition coefficient (Wildman–Crippen LogP) is 3.89. The van der Waals surface area contributed by atoms with E-state index in [1.807, 2.05) is 20.8 Å². The van der Waals surface area contributed by atoms with E-state index in [0.717, 1.165) is 12.1 Å². The number of nitrogens with one attached hydrogen (secondary N) is 2. The van der Waals surface area contributed by atoms with Crippen molar-refractivity contribution in [2.24, 2.45) is 10.8 Å². The number of hydrogen-bond donors (Lipinski definition) is 2. The van der Waals surface area contributed by atoms with Gasteiger partial charge >= 0.3 is 0 Å². The molecule has 0 bridgehead atoms. The summed E-state index contributed by atoms with van der Waals surface area (Å²) in [6.07, 6.45) is 0.947. The van der Waals surface area contributed by atoms with Gasteiger partial charge in [-0.2, -0.15) is 0 Å². The third-order valence-electron chi connectivity index (χ3n) is 4.72. The summed E-state index contributed by atoms with van der Waals surface area (Å²) in [4.78, 5) is 24.7. The molecule has 0 aliphatic heterocycles. The Balaban J connectivity index is 4.38. The molecule has 1 unspecified atom stereocenters. The van der Waals surface area contributed by atoms with E-state index in [4.69, 9.17) is 9.47 Å². The third kappa shape index (κ3) is 13.9. The van der Waals surface area contributed by atoms with Crippen molar-refractivity contribution in [3.63, 3.8) is 0 Å². The first kappa shape index (κ1) is 28.8. The molecule has 0 aliphatic rings. The number of rotatable bonds is 13. The SMILES string of the molecule is C=C(C(CCC(=O)C(C)(C)C)NC(=O)COCCOCCNC(C)(C)C)C(C)(C)C. The summed E-state index contributed by atoms with van der Waals surface area (Å²) < 4.78 is 10.9. The Bertz CT molecular complexity index is 551. The van der Waals surface area contributed by atoms with Crippen LogP contribution in [0.15, 0.2) is 12.2 Å². The molecular weight excluding hydrogens is 380 g/mol. The Morgan fingerprint density at radius 1 is 0.867 bits per heavy atom. The highest BCUT2D eigenvalue weighted by Gasteiger charge is 2.28. The van der Waals surface area contributed by atoms with Crippen LogP contribution in [0.3, 0.4) is 0 Å². The standard InChI is InChI=1S/C24H46N2O4/c1-18(22(2,3)4)19(11-12-20(27)23(5,6)7)26-21(28)17-30-16-15-29-14-13-25-24(8,9)10/h19,25H,1,11-17H2,2-10H3,(H,26,28). The van der Waals surface area contributed by atoms with Crippen LogP contribution in [0.1, 0.15) is 75.2 Å². The molecule has 0 aromatic carbocycles. The van der Waals surface area contributed by atoms with Gasteiger partial charge < -0.3 is 20.1 Å². The van der Waals surface area contributed by atoms with Gasteiger partial charge in [-0.15, -0.1) is 0 Å². The first-order valence-corrected chi connectivity index (χ1v) is 11.0. The van der Waals surface area contributed by atoms with E-state index in [1.165, 1.54) is 0 Å². The van der Waals surface area contributed by atoms with Crippen LogP contribution in [0.4, 0.5) is 0 Å². The topological polar surface area (TPSA) is 76.7 Å². The normalized spacial score (nSPS) is 13.8. The average molecular weight is 427 g/mol. The maximum atomic E-state index is 12.4. The zero-order chi connectivity index (χ0) is 23.6. The number of amides is 1. The second-order valence-corrected chi connectivity index (χ2v) is 10.9. The molecule has 0 saturated heterocycles. The lowest BCUT2D eigenvalue weighted by Crippen LogP contribution is -2.42. The molecule has 0 saturated carbocycles. The van der Waals surface area contributed by atoms with Crippen LogP contribution in [0.25, 0.3) is 0 Å². The smallest absolute Gasteiger partial charge is 0.246 e. The Hall–Kier alpha value is -1.24. The first-order valence-electron chi connectivity index (χ1n) is 11.0. The van der Waals surface area contributed by atoms with Crippen LogP contribution in [0.2, 0.25) is 0 Å². The molecule has 0 aliphatic carbocycles. The molecule has 0 fully saturated rings. The highest BCUT2D eigenvalue weighted by molar-refractivity contribution is 5.84. The Morgan fingerprint density at radius 2 is 1.43 bits per heavy atom. The van der Waals surface area contributed by atoms with Gasteiger partial charge in [-0.25, -0.2) is 0 Å². The van der Waals surface area contributed by atoms with Crippen molar-refractivity contribution in [3.05, 3.63) is 12.2 Å². The number of ketones is 1. The molecule has 0 aromatic rings. The number of Topliss-reactive ketones (excluding diaryl/α,β-unsaturated/α-hetero) is 1. The van der Waals surface area contributed by atoms with Crippen molar-refractivity contribution in [2.45, 2.75) is 86.7 Å². The van der Waals surface area contributed by atoms with Gasteiger partial charge in [0.2, 0.25) is 5.91 Å². The van der Waals surface area contributed by atoms with Gasteiger partial charge in [0, 0.05) is 23.9 Å². The Labute approximate surface area is 184 Å². The summed E-state index contributed by atoms with van der Waals surface area (Å²) in [6.45, 7) is 24.5. The Kier molecular flexibility index (Phi) is 12.1. The summed E-state index contributed by atoms with van der Waals surface area (Å²) in [7, 11) is 0. The van der Waals surface area contributed by atoms with Crippen LogP contribution in [-0.2, 0) is 19.1 Å². The lowest BCUT2D eigenvalue weighted by atomic mass is 9.80. The maximum Gasteiger partial charge on any atom is 0.246 e. The quantitative estimate of drug-likeness (QED) is 0.345. The molecule has 0 radical (unpaired) electrons. The molecule has 1 atom stereocenters. The van der Waals surface area contributed by atoms with E-state index in [2.05, 4.69) is 58.8 Å². The van der Waals surface area contributed by atoms with Crippen molar-refractivity contribution in [3.8, 4) is 0 Å². The van der Waals surface area contributed by atoms with Crippen molar-refractivity contribution in [2.75, 3.05) is 33.0 Å². The molecule has 0 aromatic heterocycles. The van der Waals surface area contributed by atoms with E-state index >= 15 is 0 Å². The van der Waals surface area contributed by atoms with Crippen LogP contribution >= 0.6 is 0 Å². The number of ether oxygens (including phenoxy) is 2. The molecule has 1 amide bonds. The Morgan fingerprint density at radius 3 is 1.93 bits per heavy atom. The van der Waals surface area contributed by atoms with E-state index in [1.54, 1.807) is 0 Å². The first-order chi connectivity index (χ1) is 13.5. The highest BCUT2D eigenvalue weighted by atomic mass is 16.5. The fourth-order valence-corrected chi connectivity index (χ4v) is 2.63. The number of hydrogen-bond acceptors (Lipinski definition) is 5. The summed E-state index contributed by atoms with van der Waals surface area (Å²) in [5.74, 6) is -0.0270. The van der Waals surface area contributed by atoms with Crippen molar-refractivity contribution >= 4 is 11.7 Å². The lowest BCUT2D eigenvalue weighted by Gasteiger charge is -2.31. The molecular formula is C24H46N2O4. The summed E-state index contributed by atoms with van der Waals surface area (Å²) in [6, 6.07) is -0.257. The van der Waals surface area contributed by atoms with Crippen molar-refractivity contribution in [1.29, 1.82) is 0 Å². The molecule has 30 heavy (non-hydrogen) atoms. The second-order valence-electron chi connectivity index (χ2n) is 10.9. The van der Waals surface area contributed by atoms with Crippen LogP contribution in [0.5, 0.6) is 0 Å². The van der Waals surface area contributed by atoms with Crippen LogP contribution < -0.4 is 10.6 Å². The molecule has 176 valence electrons. The van der Waals surface area contributed by atoms with Gasteiger partial charge in [0.05, 0.1) is 25.9 Å². The zero-order valence-electron chi connectivity index (χ0n) is 20.9. The van der Waals surface area contributed by atoms with Crippen molar-refractivity contribution in [1.82, 2.24) is 10.6 Å². The summed E-state index contributed by atoms with van der Waals surface area (Å²) in [5, 5.41) is 6.33. The van der Waals surface area contributed by atoms with Gasteiger partial charge in [0.15, 0.2) is 0 Å². The summed E-state index contributed by atoms with van der Waals surface area (Å²) in [5.41, 5.74) is 0.428. The maximum absolute atomic E-state index is 12.4. The van der Waals surface area contributed by atoms with Gasteiger partial charge in [0.25, 0.3) is 0 Å². The van der Waals surface area contributed by atoms with Gasteiger partial charge in [-0.1, -0.05) is 48.1 Å². The number of carbonyl (C=O) groups excluding carboxylic acids is 2. The van der Waals surface area contributed by atoms with Crippen LogP contribution in [0, 0.1) is 10.8 Å². The largest absolute Gasteiger partial charge is 0.378 e. The van der Waals surface area contributed by atoms with E-state index in [0.29, 0.717) is 32.7 Å². The fourth-order valence-electron chi connectivity index (χ4n) is 2.63. The molecule has 0 spiro atoms. The summed E-state index contributed by atoms with van der Waals surface area (Å²) >= 11 is 0. The van der Waals surface area contributed by atoms with Crippen LogP contribution in [-0.4, -0.2) is 56.2 Å². The second kappa shape index (κ2) is 12.6. The lowest BCUT2D eigenvalue weighted by molar-refractivity contribution is -0.128. The monoisotopic (exact) mass is 426 g/mol. The molecule has 6 heteroatoms. The highest BCUT2D eigenvalue weighted by Crippen LogP contribution is 2.29. The van der Waals surface area contributed by atoms with E-state index in [9.17, 15) is 9.59 Å². The molecule has 2 N–H and O–H groups in total. The third-order valence-corrected chi connectivity index (χ3v) is 4.72. The molecule has 0 rings (SSSR count). The minimum Gasteiger partial charge on any atom is -0.378 e. The van der Waals surface area contributed by atoms with Gasteiger partial charge in [0.1, 0.15) is 12.4 Å². The average Bonchev–Trinajstić information content (AvgIpc) is 2.57. The van der Waals surface area contributed by atoms with E-state index < -0.39 is 0 Å². The van der Waals surface area contributed by atoms with Crippen molar-refractivity contribution < 1.29 is 19.1 Å². The van der Waals surface area contributed by atoms with E-state index in [-0.39, 0.29) is 40.7 Å².